The van der Waals surface area contributed by atoms with Crippen molar-refractivity contribution in [3.63, 3.8) is 0 Å². The van der Waals surface area contributed by atoms with E-state index in [1.54, 1.807) is 29.4 Å². The Morgan fingerprint density at radius 3 is 2.70 bits per heavy atom. The van der Waals surface area contributed by atoms with E-state index < -0.39 is 11.7 Å². The average Bonchev–Trinajstić information content (AvgIpc) is 2.86. The first-order chi connectivity index (χ1) is 9.38. The lowest BCUT2D eigenvalue weighted by Crippen LogP contribution is -2.42. The Kier molecular flexibility index (Phi) is 4.28. The van der Waals surface area contributed by atoms with Crippen molar-refractivity contribution < 1.29 is 14.6 Å². The molecule has 1 fully saturated rings. The number of hydrogen-bond acceptors (Lipinski definition) is 4. The quantitative estimate of drug-likeness (QED) is 0.903. The Morgan fingerprint density at radius 1 is 1.45 bits per heavy atom. The number of hydrogen-bond donors (Lipinski definition) is 1. The number of aliphatic hydroxyl groups is 1. The zero-order valence-corrected chi connectivity index (χ0v) is 12.2. The fourth-order valence-electron chi connectivity index (χ4n) is 2.45. The zero-order chi connectivity index (χ0) is 14.8. The van der Waals surface area contributed by atoms with Gasteiger partial charge in [0.05, 0.1) is 12.1 Å². The zero-order valence-electron chi connectivity index (χ0n) is 12.2. The number of ether oxygens (including phenoxy) is 1. The number of aliphatic hydroxyl groups excluding tert-OH is 1. The van der Waals surface area contributed by atoms with E-state index in [1.807, 2.05) is 20.8 Å². The summed E-state index contributed by atoms with van der Waals surface area (Å²) in [6.45, 7) is 6.15. The number of likely N-dealkylation sites (tertiary alicyclic amines) is 1. The normalized spacial score (nSPS) is 20.8. The lowest BCUT2D eigenvalue weighted by atomic mass is 10.0. The van der Waals surface area contributed by atoms with Gasteiger partial charge in [-0.1, -0.05) is 0 Å². The number of aromatic nitrogens is 1. The molecule has 0 bridgehead atoms. The van der Waals surface area contributed by atoms with Gasteiger partial charge in [0, 0.05) is 18.9 Å². The summed E-state index contributed by atoms with van der Waals surface area (Å²) in [6.07, 6.45) is 3.90. The van der Waals surface area contributed by atoms with Crippen LogP contribution in [0.2, 0.25) is 0 Å². The average molecular weight is 278 g/mol. The monoisotopic (exact) mass is 278 g/mol. The molecule has 0 aliphatic carbocycles. The summed E-state index contributed by atoms with van der Waals surface area (Å²) in [7, 11) is 0. The van der Waals surface area contributed by atoms with Gasteiger partial charge >= 0.3 is 6.09 Å². The molecule has 2 atom stereocenters. The van der Waals surface area contributed by atoms with Crippen molar-refractivity contribution in [3.8, 4) is 0 Å². The van der Waals surface area contributed by atoms with Crippen LogP contribution in [0.15, 0.2) is 24.5 Å². The molecule has 1 aliphatic rings. The third kappa shape index (κ3) is 3.48. The van der Waals surface area contributed by atoms with E-state index in [2.05, 4.69) is 4.98 Å². The van der Waals surface area contributed by atoms with Crippen LogP contribution in [-0.4, -0.2) is 39.3 Å². The van der Waals surface area contributed by atoms with Gasteiger partial charge in [-0.15, -0.1) is 0 Å². The van der Waals surface area contributed by atoms with Crippen molar-refractivity contribution >= 4 is 6.09 Å². The molecule has 0 aromatic carbocycles. The fraction of sp³-hybridized carbons (Fsp3) is 0.600. The van der Waals surface area contributed by atoms with Crippen molar-refractivity contribution in [1.82, 2.24) is 9.88 Å². The molecule has 1 amide bonds. The molecule has 1 aromatic heterocycles. The summed E-state index contributed by atoms with van der Waals surface area (Å²) in [5.74, 6) is 0. The second kappa shape index (κ2) is 5.79. The molecule has 0 saturated carbocycles. The molecule has 2 unspecified atom stereocenters. The largest absolute Gasteiger partial charge is 0.444 e. The molecule has 2 heterocycles. The summed E-state index contributed by atoms with van der Waals surface area (Å²) in [5.41, 5.74) is 0.256. The summed E-state index contributed by atoms with van der Waals surface area (Å²) in [6, 6.07) is 3.32. The minimum atomic E-state index is -0.701. The van der Waals surface area contributed by atoms with Crippen molar-refractivity contribution in [2.75, 3.05) is 6.54 Å². The first-order valence-electron chi connectivity index (χ1n) is 6.96. The van der Waals surface area contributed by atoms with Crippen LogP contribution in [0.1, 0.15) is 45.3 Å². The van der Waals surface area contributed by atoms with Gasteiger partial charge in [-0.05, 0) is 51.3 Å². The lowest BCUT2D eigenvalue weighted by Gasteiger charge is -2.31. The van der Waals surface area contributed by atoms with Crippen LogP contribution < -0.4 is 0 Å². The number of rotatable bonds is 2. The van der Waals surface area contributed by atoms with Gasteiger partial charge in [-0.25, -0.2) is 4.79 Å². The van der Waals surface area contributed by atoms with Crippen molar-refractivity contribution in [1.29, 1.82) is 0 Å². The van der Waals surface area contributed by atoms with Crippen LogP contribution in [0, 0.1) is 0 Å². The molecule has 2 rings (SSSR count). The molecule has 1 saturated heterocycles. The fourth-order valence-corrected chi connectivity index (χ4v) is 2.45. The molecule has 110 valence electrons. The first-order valence-corrected chi connectivity index (χ1v) is 6.96. The summed E-state index contributed by atoms with van der Waals surface area (Å²) < 4.78 is 5.40. The molecule has 1 N–H and O–H groups in total. The molecule has 5 nitrogen and oxygen atoms in total. The highest BCUT2D eigenvalue weighted by molar-refractivity contribution is 5.69. The van der Waals surface area contributed by atoms with Gasteiger partial charge in [-0.2, -0.15) is 0 Å². The third-order valence-electron chi connectivity index (χ3n) is 3.34. The van der Waals surface area contributed by atoms with Crippen LogP contribution >= 0.6 is 0 Å². The molecule has 1 aliphatic heterocycles. The Hall–Kier alpha value is -1.62. The van der Waals surface area contributed by atoms with Crippen LogP contribution in [0.25, 0.3) is 0 Å². The Labute approximate surface area is 119 Å². The molecule has 5 heteroatoms. The SMILES string of the molecule is CC(C)(C)OC(=O)N1CCCC1C(O)c1ccncc1. The Bertz CT molecular complexity index is 456. The van der Waals surface area contributed by atoms with Gasteiger partial charge in [0.2, 0.25) is 0 Å². The van der Waals surface area contributed by atoms with Crippen LogP contribution in [0.4, 0.5) is 4.79 Å². The van der Waals surface area contributed by atoms with E-state index in [9.17, 15) is 9.90 Å². The van der Waals surface area contributed by atoms with E-state index in [0.717, 1.165) is 18.4 Å². The van der Waals surface area contributed by atoms with E-state index in [0.29, 0.717) is 6.54 Å². The number of nitrogens with zero attached hydrogens (tertiary/aromatic N) is 2. The van der Waals surface area contributed by atoms with Crippen LogP contribution in [0.3, 0.4) is 0 Å². The molecule has 20 heavy (non-hydrogen) atoms. The van der Waals surface area contributed by atoms with E-state index in [4.69, 9.17) is 4.74 Å². The van der Waals surface area contributed by atoms with Crippen LogP contribution in [0.5, 0.6) is 0 Å². The maximum absolute atomic E-state index is 12.2. The van der Waals surface area contributed by atoms with Gasteiger partial charge < -0.3 is 14.7 Å². The highest BCUT2D eigenvalue weighted by Gasteiger charge is 2.36. The topological polar surface area (TPSA) is 62.7 Å². The summed E-state index contributed by atoms with van der Waals surface area (Å²) in [5, 5.41) is 10.5. The number of carbonyl (C=O) groups is 1. The van der Waals surface area contributed by atoms with E-state index in [1.165, 1.54) is 0 Å². The van der Waals surface area contributed by atoms with Gasteiger partial charge in [0.1, 0.15) is 5.60 Å². The second-order valence-electron chi connectivity index (χ2n) is 6.11. The molecular formula is C15H22N2O3. The predicted molar refractivity (Wildman–Crippen MR) is 75.2 cm³/mol. The van der Waals surface area contributed by atoms with E-state index in [-0.39, 0.29) is 12.1 Å². The van der Waals surface area contributed by atoms with Gasteiger partial charge in [0.15, 0.2) is 0 Å². The number of amides is 1. The Morgan fingerprint density at radius 2 is 2.10 bits per heavy atom. The maximum atomic E-state index is 12.2. The van der Waals surface area contributed by atoms with Crippen molar-refractivity contribution in [2.24, 2.45) is 0 Å². The first kappa shape index (κ1) is 14.8. The highest BCUT2D eigenvalue weighted by atomic mass is 16.6. The van der Waals surface area contributed by atoms with Crippen LogP contribution in [-0.2, 0) is 4.74 Å². The third-order valence-corrected chi connectivity index (χ3v) is 3.34. The summed E-state index contributed by atoms with van der Waals surface area (Å²) >= 11 is 0. The standard InChI is InChI=1S/C15H22N2O3/c1-15(2,3)20-14(19)17-10-4-5-12(17)13(18)11-6-8-16-9-7-11/h6-9,12-13,18H,4-5,10H2,1-3H3. The minimum Gasteiger partial charge on any atom is -0.444 e. The lowest BCUT2D eigenvalue weighted by molar-refractivity contribution is 0.00489. The molecule has 1 aromatic rings. The number of carbonyl (C=O) groups excluding carboxylic acids is 1. The molecular weight excluding hydrogens is 256 g/mol. The van der Waals surface area contributed by atoms with Crippen molar-refractivity contribution in [3.05, 3.63) is 30.1 Å². The Balaban J connectivity index is 2.09. The highest BCUT2D eigenvalue weighted by Crippen LogP contribution is 2.30. The van der Waals surface area contributed by atoms with Gasteiger partial charge in [-0.3, -0.25) is 4.98 Å². The number of pyridine rings is 1. The smallest absolute Gasteiger partial charge is 0.410 e. The molecule has 0 radical (unpaired) electrons. The maximum Gasteiger partial charge on any atom is 0.410 e. The minimum absolute atomic E-state index is 0.229. The van der Waals surface area contributed by atoms with Gasteiger partial charge in [0.25, 0.3) is 0 Å². The second-order valence-corrected chi connectivity index (χ2v) is 6.11. The predicted octanol–water partition coefficient (Wildman–Crippen LogP) is 2.51. The van der Waals surface area contributed by atoms with Crippen molar-refractivity contribution in [2.45, 2.75) is 51.4 Å². The molecule has 0 spiro atoms. The van der Waals surface area contributed by atoms with E-state index >= 15 is 0 Å². The summed E-state index contributed by atoms with van der Waals surface area (Å²) in [4.78, 5) is 17.8.